The summed E-state index contributed by atoms with van der Waals surface area (Å²) in [6, 6.07) is 0. The molecular formula is C4H6N2OS. The van der Waals surface area contributed by atoms with Gasteiger partial charge in [0, 0.05) is 0 Å². The summed E-state index contributed by atoms with van der Waals surface area (Å²) in [6.45, 7) is 1.67. The monoisotopic (exact) mass is 130 g/mol. The van der Waals surface area contributed by atoms with E-state index in [9.17, 15) is 0 Å². The molecule has 0 aliphatic heterocycles. The number of aliphatic hydroxyl groups excluding tert-OH is 1. The molecule has 0 spiro atoms. The smallest absolute Gasteiger partial charge is 0.141 e. The molecule has 1 aromatic heterocycles. The lowest BCUT2D eigenvalue weighted by Gasteiger charge is -1.92. The number of hydrogen-bond donors (Lipinski definition) is 1. The molecule has 0 aromatic carbocycles. The average molecular weight is 130 g/mol. The van der Waals surface area contributed by atoms with Gasteiger partial charge >= 0.3 is 0 Å². The first-order valence-electron chi connectivity index (χ1n) is 2.25. The van der Waals surface area contributed by atoms with E-state index < -0.39 is 6.10 Å². The molecular weight excluding hydrogens is 124 g/mol. The molecule has 0 bridgehead atoms. The molecule has 1 heterocycles. The van der Waals surface area contributed by atoms with Gasteiger partial charge in [-0.2, -0.15) is 4.37 Å². The van der Waals surface area contributed by atoms with E-state index in [1.54, 1.807) is 6.92 Å². The maximum Gasteiger partial charge on any atom is 0.141 e. The molecule has 0 aliphatic rings. The maximum atomic E-state index is 8.82. The van der Waals surface area contributed by atoms with Crippen LogP contribution in [0.25, 0.3) is 0 Å². The van der Waals surface area contributed by atoms with E-state index in [1.165, 1.54) is 17.9 Å². The van der Waals surface area contributed by atoms with Crippen molar-refractivity contribution >= 4 is 11.5 Å². The van der Waals surface area contributed by atoms with Gasteiger partial charge in [0.05, 0.1) is 0 Å². The molecule has 0 saturated heterocycles. The molecule has 4 heteroatoms. The second kappa shape index (κ2) is 2.19. The minimum absolute atomic E-state index is 0.470. The van der Waals surface area contributed by atoms with Gasteiger partial charge in [-0.3, -0.25) is 0 Å². The van der Waals surface area contributed by atoms with Crippen LogP contribution in [0.2, 0.25) is 0 Å². The van der Waals surface area contributed by atoms with Gasteiger partial charge in [-0.05, 0) is 18.5 Å². The predicted molar refractivity (Wildman–Crippen MR) is 30.5 cm³/mol. The third kappa shape index (κ3) is 1.02. The van der Waals surface area contributed by atoms with Crippen LogP contribution >= 0.6 is 11.5 Å². The van der Waals surface area contributed by atoms with Crippen LogP contribution in [0.3, 0.4) is 0 Å². The van der Waals surface area contributed by atoms with Crippen molar-refractivity contribution < 1.29 is 5.11 Å². The van der Waals surface area contributed by atoms with Gasteiger partial charge in [-0.1, -0.05) is 0 Å². The normalized spacial score (nSPS) is 13.8. The quantitative estimate of drug-likeness (QED) is 0.605. The zero-order valence-electron chi connectivity index (χ0n) is 4.40. The van der Waals surface area contributed by atoms with Crippen molar-refractivity contribution in [2.75, 3.05) is 0 Å². The predicted octanol–water partition coefficient (Wildman–Crippen LogP) is 0.591. The minimum Gasteiger partial charge on any atom is -0.386 e. The molecule has 1 unspecified atom stereocenters. The summed E-state index contributed by atoms with van der Waals surface area (Å²) in [5.41, 5.74) is 0. The van der Waals surface area contributed by atoms with Gasteiger partial charge in [0.1, 0.15) is 17.4 Å². The molecule has 3 nitrogen and oxygen atoms in total. The lowest BCUT2D eigenvalue weighted by Crippen LogP contribution is -1.86. The number of nitrogens with zero attached hydrogens (tertiary/aromatic N) is 2. The molecule has 8 heavy (non-hydrogen) atoms. The Balaban J connectivity index is 2.77. The van der Waals surface area contributed by atoms with E-state index in [0.717, 1.165) is 0 Å². The van der Waals surface area contributed by atoms with Crippen LogP contribution in [-0.4, -0.2) is 14.5 Å². The van der Waals surface area contributed by atoms with Crippen LogP contribution in [0.15, 0.2) is 6.33 Å². The summed E-state index contributed by atoms with van der Waals surface area (Å²) in [4.78, 5) is 3.77. The van der Waals surface area contributed by atoms with Crippen molar-refractivity contribution in [2.45, 2.75) is 13.0 Å². The summed E-state index contributed by atoms with van der Waals surface area (Å²) in [6.07, 6.45) is 0.967. The third-order valence-corrected chi connectivity index (χ3v) is 1.57. The largest absolute Gasteiger partial charge is 0.386 e. The fourth-order valence-electron chi connectivity index (χ4n) is 0.366. The van der Waals surface area contributed by atoms with Crippen LogP contribution in [0, 0.1) is 0 Å². The highest BCUT2D eigenvalue weighted by Gasteiger charge is 2.01. The summed E-state index contributed by atoms with van der Waals surface area (Å²) >= 11 is 1.22. The van der Waals surface area contributed by atoms with Crippen molar-refractivity contribution in [2.24, 2.45) is 0 Å². The summed E-state index contributed by atoms with van der Waals surface area (Å²) < 4.78 is 3.71. The van der Waals surface area contributed by atoms with Crippen molar-refractivity contribution in [3.05, 3.63) is 11.3 Å². The standard InChI is InChI=1S/C4H6N2OS/c1-3(7)4-5-2-6-8-4/h2-3,7H,1H3. The third-order valence-electron chi connectivity index (χ3n) is 0.736. The van der Waals surface area contributed by atoms with Gasteiger partial charge in [0.2, 0.25) is 0 Å². The molecule has 0 saturated carbocycles. The summed E-state index contributed by atoms with van der Waals surface area (Å²) in [5.74, 6) is 0. The van der Waals surface area contributed by atoms with Gasteiger partial charge in [0.15, 0.2) is 0 Å². The highest BCUT2D eigenvalue weighted by molar-refractivity contribution is 7.05. The van der Waals surface area contributed by atoms with E-state index in [2.05, 4.69) is 9.36 Å². The number of aromatic nitrogens is 2. The average Bonchev–Trinajstić information content (AvgIpc) is 2.12. The zero-order valence-corrected chi connectivity index (χ0v) is 5.22. The first-order chi connectivity index (χ1) is 3.80. The van der Waals surface area contributed by atoms with E-state index >= 15 is 0 Å². The first-order valence-corrected chi connectivity index (χ1v) is 3.02. The number of rotatable bonds is 1. The SMILES string of the molecule is CC(O)c1ncns1. The summed E-state index contributed by atoms with van der Waals surface area (Å²) in [7, 11) is 0. The highest BCUT2D eigenvalue weighted by atomic mass is 32.1. The van der Waals surface area contributed by atoms with E-state index in [1.807, 2.05) is 0 Å². The second-order valence-corrected chi connectivity index (χ2v) is 2.27. The first kappa shape index (κ1) is 5.65. The Hall–Kier alpha value is -0.480. The van der Waals surface area contributed by atoms with Gasteiger partial charge < -0.3 is 5.11 Å². The number of aliphatic hydroxyl groups is 1. The molecule has 1 N–H and O–H groups in total. The molecule has 0 aliphatic carbocycles. The number of hydrogen-bond acceptors (Lipinski definition) is 4. The highest BCUT2D eigenvalue weighted by Crippen LogP contribution is 2.10. The van der Waals surface area contributed by atoms with Crippen molar-refractivity contribution in [1.82, 2.24) is 9.36 Å². The molecule has 44 valence electrons. The minimum atomic E-state index is -0.470. The van der Waals surface area contributed by atoms with Crippen LogP contribution in [0.1, 0.15) is 18.0 Å². The molecule has 0 radical (unpaired) electrons. The van der Waals surface area contributed by atoms with E-state index in [4.69, 9.17) is 5.11 Å². The zero-order chi connectivity index (χ0) is 5.98. The van der Waals surface area contributed by atoms with Gasteiger partial charge in [0.25, 0.3) is 0 Å². The van der Waals surface area contributed by atoms with Crippen LogP contribution in [0.4, 0.5) is 0 Å². The Kier molecular flexibility index (Phi) is 1.55. The molecule has 1 atom stereocenters. The Morgan fingerprint density at radius 1 is 1.88 bits per heavy atom. The topological polar surface area (TPSA) is 46.0 Å². The van der Waals surface area contributed by atoms with Crippen LogP contribution < -0.4 is 0 Å². The Morgan fingerprint density at radius 3 is 2.88 bits per heavy atom. The lowest BCUT2D eigenvalue weighted by molar-refractivity contribution is 0.199. The lowest BCUT2D eigenvalue weighted by atomic mass is 10.4. The fourth-order valence-corrected chi connectivity index (χ4v) is 0.815. The van der Waals surface area contributed by atoms with Crippen LogP contribution in [0.5, 0.6) is 0 Å². The van der Waals surface area contributed by atoms with Crippen LogP contribution in [-0.2, 0) is 0 Å². The second-order valence-electron chi connectivity index (χ2n) is 1.46. The Morgan fingerprint density at radius 2 is 2.62 bits per heavy atom. The molecule has 0 amide bonds. The van der Waals surface area contributed by atoms with Crippen molar-refractivity contribution in [3.63, 3.8) is 0 Å². The Labute approximate surface area is 51.2 Å². The maximum absolute atomic E-state index is 8.82. The molecule has 1 rings (SSSR count). The molecule has 0 fully saturated rings. The van der Waals surface area contributed by atoms with Gasteiger partial charge in [-0.15, -0.1) is 0 Å². The van der Waals surface area contributed by atoms with E-state index in [0.29, 0.717) is 5.01 Å². The molecule has 1 aromatic rings. The fraction of sp³-hybridized carbons (Fsp3) is 0.500. The van der Waals surface area contributed by atoms with Gasteiger partial charge in [-0.25, -0.2) is 4.98 Å². The summed E-state index contributed by atoms with van der Waals surface area (Å²) in [5, 5.41) is 9.49. The van der Waals surface area contributed by atoms with E-state index in [-0.39, 0.29) is 0 Å². The van der Waals surface area contributed by atoms with Crippen molar-refractivity contribution in [1.29, 1.82) is 0 Å². The van der Waals surface area contributed by atoms with Crippen molar-refractivity contribution in [3.8, 4) is 0 Å². The Bertz CT molecular complexity index is 149.